The first-order chi connectivity index (χ1) is 30.5. The second-order valence-electron chi connectivity index (χ2n) is 17.6. The Morgan fingerprint density at radius 2 is 0.905 bits per heavy atom. The molecule has 0 aromatic heterocycles. The molecule has 0 spiro atoms. The van der Waals surface area contributed by atoms with Gasteiger partial charge in [0.15, 0.2) is 18.7 Å². The van der Waals surface area contributed by atoms with Crippen molar-refractivity contribution in [1.29, 1.82) is 0 Å². The highest BCUT2D eigenvalue weighted by atomic mass is 16.7. The molecule has 0 amide bonds. The van der Waals surface area contributed by atoms with Crippen LogP contribution in [0.2, 0.25) is 0 Å². The first kappa shape index (κ1) is 57.4. The minimum atomic E-state index is -1.76. The Labute approximate surface area is 378 Å². The topological polar surface area (TPSA) is 231 Å². The van der Waals surface area contributed by atoms with Crippen LogP contribution in [-0.4, -0.2) is 142 Å². The summed E-state index contributed by atoms with van der Waals surface area (Å²) < 4.78 is 33.5. The Morgan fingerprint density at radius 3 is 1.41 bits per heavy atom. The van der Waals surface area contributed by atoms with E-state index in [9.17, 15) is 45.3 Å². The number of rotatable bonds is 38. The number of ether oxygens (including phenoxy) is 6. The summed E-state index contributed by atoms with van der Waals surface area (Å²) in [5.74, 6) is -0.923. The number of carbonyl (C=O) groups is 2. The van der Waals surface area contributed by atoms with Gasteiger partial charge in [-0.15, -0.1) is 0 Å². The summed E-state index contributed by atoms with van der Waals surface area (Å²) >= 11 is 0. The molecule has 2 aliphatic rings. The summed E-state index contributed by atoms with van der Waals surface area (Å²) in [5.41, 5.74) is 0. The number of allylic oxidation sites excluding steroid dienone is 2. The number of hydrogen-bond acceptors (Lipinski definition) is 15. The van der Waals surface area contributed by atoms with Crippen LogP contribution in [0.3, 0.4) is 0 Å². The van der Waals surface area contributed by atoms with Crippen LogP contribution in [0.25, 0.3) is 0 Å². The average molecular weight is 905 g/mol. The van der Waals surface area contributed by atoms with Gasteiger partial charge in [-0.1, -0.05) is 148 Å². The van der Waals surface area contributed by atoms with E-state index in [-0.39, 0.29) is 26.1 Å². The molecule has 7 N–H and O–H groups in total. The van der Waals surface area contributed by atoms with Crippen LogP contribution >= 0.6 is 0 Å². The third-order valence-corrected chi connectivity index (χ3v) is 12.0. The fourth-order valence-electron chi connectivity index (χ4n) is 7.86. The van der Waals surface area contributed by atoms with Gasteiger partial charge in [0.25, 0.3) is 0 Å². The number of aliphatic hydroxyl groups is 7. The van der Waals surface area contributed by atoms with E-state index >= 15 is 0 Å². The predicted molar refractivity (Wildman–Crippen MR) is 238 cm³/mol. The second kappa shape index (κ2) is 36.4. The van der Waals surface area contributed by atoms with Gasteiger partial charge in [0.1, 0.15) is 55.4 Å². The van der Waals surface area contributed by atoms with Gasteiger partial charge in [-0.25, -0.2) is 0 Å². The van der Waals surface area contributed by atoms with Crippen molar-refractivity contribution in [2.45, 2.75) is 255 Å². The van der Waals surface area contributed by atoms with Crippen molar-refractivity contribution in [3.63, 3.8) is 0 Å². The van der Waals surface area contributed by atoms with Crippen LogP contribution in [0.4, 0.5) is 0 Å². The Morgan fingerprint density at radius 1 is 0.492 bits per heavy atom. The molecule has 0 radical (unpaired) electrons. The molecule has 15 heteroatoms. The number of aliphatic hydroxyl groups excluding tert-OH is 7. The first-order valence-electron chi connectivity index (χ1n) is 24.8. The fraction of sp³-hybridized carbons (Fsp3) is 0.917. The molecule has 2 saturated heterocycles. The van der Waals surface area contributed by atoms with E-state index in [2.05, 4.69) is 26.0 Å². The molecule has 370 valence electrons. The van der Waals surface area contributed by atoms with Crippen LogP contribution in [-0.2, 0) is 38.0 Å². The minimum absolute atomic E-state index is 0.164. The lowest BCUT2D eigenvalue weighted by Gasteiger charge is -2.42. The number of unbranched alkanes of at least 4 members (excludes halogenated alkanes) is 22. The largest absolute Gasteiger partial charge is 0.462 e. The van der Waals surface area contributed by atoms with Gasteiger partial charge in [-0.3, -0.25) is 9.59 Å². The molecule has 0 aliphatic carbocycles. The van der Waals surface area contributed by atoms with Crippen LogP contribution in [0.5, 0.6) is 0 Å². The van der Waals surface area contributed by atoms with Gasteiger partial charge in [-0.2, -0.15) is 0 Å². The maximum absolute atomic E-state index is 13.0. The van der Waals surface area contributed by atoms with Crippen molar-refractivity contribution in [2.24, 2.45) is 0 Å². The molecule has 0 aromatic rings. The van der Waals surface area contributed by atoms with Gasteiger partial charge in [-0.05, 0) is 38.5 Å². The van der Waals surface area contributed by atoms with Gasteiger partial charge >= 0.3 is 11.9 Å². The zero-order chi connectivity index (χ0) is 46.1. The standard InChI is InChI=1S/C48H88O15/c1-3-5-7-9-11-13-15-17-18-19-21-23-25-27-29-31-40(51)61-36(33-58-39(50)30-28-26-24-22-20-16-14-12-10-8-6-4-2)34-59-47-46(57)44(55)42(53)38(63-47)35-60-48-45(56)43(54)41(52)37(32-49)62-48/h13,15,36-38,41-49,52-57H,3-12,14,16-35H2,1-2H3/b15-13+/t36-,37-,38-,41+,42+,43?,44?,45?,46?,47-,48-/m1/s1. The van der Waals surface area contributed by atoms with Gasteiger partial charge in [0.2, 0.25) is 0 Å². The van der Waals surface area contributed by atoms with Crippen molar-refractivity contribution in [3.05, 3.63) is 12.2 Å². The highest BCUT2D eigenvalue weighted by Gasteiger charge is 2.47. The van der Waals surface area contributed by atoms with Crippen LogP contribution in [0.15, 0.2) is 12.2 Å². The monoisotopic (exact) mass is 905 g/mol. The summed E-state index contributed by atoms with van der Waals surface area (Å²) in [5, 5.41) is 72.0. The molecule has 4 unspecified atom stereocenters. The third-order valence-electron chi connectivity index (χ3n) is 12.0. The van der Waals surface area contributed by atoms with Gasteiger partial charge < -0.3 is 64.2 Å². The van der Waals surface area contributed by atoms with Crippen molar-refractivity contribution < 1.29 is 73.8 Å². The molecule has 2 fully saturated rings. The molecule has 2 rings (SSSR count). The number of hydrogen-bond donors (Lipinski definition) is 7. The van der Waals surface area contributed by atoms with Gasteiger partial charge in [0.05, 0.1) is 19.8 Å². The van der Waals surface area contributed by atoms with Crippen molar-refractivity contribution >= 4 is 11.9 Å². The molecule has 63 heavy (non-hydrogen) atoms. The lowest BCUT2D eigenvalue weighted by Crippen LogP contribution is -2.61. The van der Waals surface area contributed by atoms with E-state index in [4.69, 9.17) is 28.4 Å². The predicted octanol–water partition coefficient (Wildman–Crippen LogP) is 6.21. The molecule has 2 heterocycles. The van der Waals surface area contributed by atoms with Crippen molar-refractivity contribution in [1.82, 2.24) is 0 Å². The highest BCUT2D eigenvalue weighted by Crippen LogP contribution is 2.26. The molecular formula is C48H88O15. The van der Waals surface area contributed by atoms with Gasteiger partial charge in [0, 0.05) is 12.8 Å². The maximum atomic E-state index is 13.0. The van der Waals surface area contributed by atoms with E-state index in [0.29, 0.717) is 12.8 Å². The lowest BCUT2D eigenvalue weighted by molar-refractivity contribution is -0.332. The summed E-state index contributed by atoms with van der Waals surface area (Å²) in [4.78, 5) is 25.7. The van der Waals surface area contributed by atoms with E-state index in [0.717, 1.165) is 51.4 Å². The molecule has 0 bridgehead atoms. The second-order valence-corrected chi connectivity index (χ2v) is 17.6. The summed E-state index contributed by atoms with van der Waals surface area (Å²) in [6.07, 6.45) is 16.7. The van der Waals surface area contributed by atoms with E-state index in [1.807, 2.05) is 0 Å². The summed E-state index contributed by atoms with van der Waals surface area (Å²) in [6.45, 7) is 2.57. The maximum Gasteiger partial charge on any atom is 0.306 e. The molecule has 0 aromatic carbocycles. The smallest absolute Gasteiger partial charge is 0.306 e. The Kier molecular flexibility index (Phi) is 33.1. The highest BCUT2D eigenvalue weighted by molar-refractivity contribution is 5.70. The zero-order valence-electron chi connectivity index (χ0n) is 38.8. The summed E-state index contributed by atoms with van der Waals surface area (Å²) in [6, 6.07) is 0. The SMILES string of the molecule is CCCCCC/C=C/CCCCCCCCCC(=O)O[C@H](COC(=O)CCCCCCCCCCCCCC)CO[C@@H]1O[C@H](CO[C@@H]2O[C@H](CO)[C@H](O)C(O)C2O)[C@H](O)C(O)C1O. The fourth-order valence-corrected chi connectivity index (χ4v) is 7.86. The summed E-state index contributed by atoms with van der Waals surface area (Å²) in [7, 11) is 0. The quantitative estimate of drug-likeness (QED) is 0.0208. The Bertz CT molecular complexity index is 1160. The lowest BCUT2D eigenvalue weighted by atomic mass is 9.98. The Balaban J connectivity index is 1.83. The molecule has 11 atom stereocenters. The van der Waals surface area contributed by atoms with Crippen molar-refractivity contribution in [2.75, 3.05) is 26.4 Å². The molecule has 0 saturated carbocycles. The number of carbonyl (C=O) groups excluding carboxylic acids is 2. The van der Waals surface area contributed by atoms with Crippen LogP contribution in [0, 0.1) is 0 Å². The molecule has 15 nitrogen and oxygen atoms in total. The normalized spacial score (nSPS) is 26.9. The average Bonchev–Trinajstić information content (AvgIpc) is 3.28. The minimum Gasteiger partial charge on any atom is -0.462 e. The third kappa shape index (κ3) is 25.1. The zero-order valence-corrected chi connectivity index (χ0v) is 38.8. The van der Waals surface area contributed by atoms with E-state index in [1.54, 1.807) is 0 Å². The number of esters is 2. The van der Waals surface area contributed by atoms with Crippen LogP contribution in [0.1, 0.15) is 187 Å². The van der Waals surface area contributed by atoms with E-state index < -0.39 is 92.7 Å². The van der Waals surface area contributed by atoms with Crippen LogP contribution < -0.4 is 0 Å². The first-order valence-corrected chi connectivity index (χ1v) is 24.8. The van der Waals surface area contributed by atoms with Crippen molar-refractivity contribution in [3.8, 4) is 0 Å². The molecule has 2 aliphatic heterocycles. The Hall–Kier alpha value is -1.76. The van der Waals surface area contributed by atoms with E-state index in [1.165, 1.54) is 96.3 Å². The molecular weight excluding hydrogens is 817 g/mol.